The predicted molar refractivity (Wildman–Crippen MR) is 113 cm³/mol. The van der Waals surface area contributed by atoms with Crippen LogP contribution in [0.5, 0.6) is 0 Å². The maximum atomic E-state index is 12.2. The Morgan fingerprint density at radius 3 is 2.13 bits per heavy atom. The number of thiol groups is 1. The Labute approximate surface area is 182 Å². The lowest BCUT2D eigenvalue weighted by molar-refractivity contribution is -0.147. The summed E-state index contributed by atoms with van der Waals surface area (Å²) in [6.07, 6.45) is 2.78. The van der Waals surface area contributed by atoms with E-state index < -0.39 is 35.8 Å². The van der Waals surface area contributed by atoms with E-state index >= 15 is 0 Å². The summed E-state index contributed by atoms with van der Waals surface area (Å²) in [5, 5.41) is 7.42. The van der Waals surface area contributed by atoms with Crippen LogP contribution >= 0.6 is 12.6 Å². The van der Waals surface area contributed by atoms with Crippen molar-refractivity contribution in [1.29, 1.82) is 0 Å². The standard InChI is InChI=1S/C19H33N3O7S/c1-4-6-7-8-15(23)21-13(19(27)29-5-2)9-10-16(24)22-14(12-30)18(26)20-11-17(25)28-3/h13-14,30H,4-12H2,1-3H3,(H,20,26)(H,21,23)(H,22,24). The fraction of sp³-hybridized carbons (Fsp3) is 0.737. The molecule has 0 aromatic carbocycles. The highest BCUT2D eigenvalue weighted by atomic mass is 32.1. The SMILES string of the molecule is CCCCCC(=O)NC(CCC(=O)NC(CS)C(=O)NCC(=O)OC)C(=O)OCC. The van der Waals surface area contributed by atoms with Crippen molar-refractivity contribution in [3.63, 3.8) is 0 Å². The van der Waals surface area contributed by atoms with Crippen LogP contribution in [0.2, 0.25) is 0 Å². The first-order valence-electron chi connectivity index (χ1n) is 9.99. The van der Waals surface area contributed by atoms with Crippen LogP contribution in [-0.2, 0) is 33.4 Å². The molecule has 0 aliphatic carbocycles. The van der Waals surface area contributed by atoms with Gasteiger partial charge in [-0.1, -0.05) is 19.8 Å². The van der Waals surface area contributed by atoms with Gasteiger partial charge < -0.3 is 25.4 Å². The van der Waals surface area contributed by atoms with E-state index in [0.717, 1.165) is 12.8 Å². The monoisotopic (exact) mass is 447 g/mol. The van der Waals surface area contributed by atoms with Crippen LogP contribution in [-0.4, -0.2) is 67.8 Å². The molecule has 0 aliphatic rings. The number of rotatable bonds is 15. The molecule has 3 N–H and O–H groups in total. The number of carbonyl (C=O) groups is 5. The number of carbonyl (C=O) groups excluding carboxylic acids is 5. The molecule has 0 fully saturated rings. The third kappa shape index (κ3) is 12.3. The van der Waals surface area contributed by atoms with Crippen LogP contribution in [0.1, 0.15) is 52.4 Å². The van der Waals surface area contributed by atoms with E-state index in [1.54, 1.807) is 6.92 Å². The quantitative estimate of drug-likeness (QED) is 0.159. The van der Waals surface area contributed by atoms with Gasteiger partial charge in [-0.2, -0.15) is 12.6 Å². The van der Waals surface area contributed by atoms with E-state index in [9.17, 15) is 24.0 Å². The molecule has 0 aliphatic heterocycles. The lowest BCUT2D eigenvalue weighted by atomic mass is 10.1. The first kappa shape index (κ1) is 27.7. The Morgan fingerprint density at radius 1 is 0.933 bits per heavy atom. The molecule has 0 spiro atoms. The second-order valence-corrected chi connectivity index (χ2v) is 6.83. The molecule has 0 aromatic rings. The van der Waals surface area contributed by atoms with E-state index in [2.05, 4.69) is 33.3 Å². The van der Waals surface area contributed by atoms with Gasteiger partial charge in [-0.05, 0) is 19.8 Å². The van der Waals surface area contributed by atoms with Crippen LogP contribution in [0.25, 0.3) is 0 Å². The van der Waals surface area contributed by atoms with Gasteiger partial charge in [-0.15, -0.1) is 0 Å². The molecule has 0 rings (SSSR count). The number of esters is 2. The van der Waals surface area contributed by atoms with Gasteiger partial charge in [0.2, 0.25) is 17.7 Å². The molecule has 0 radical (unpaired) electrons. The van der Waals surface area contributed by atoms with Crippen molar-refractivity contribution in [2.24, 2.45) is 0 Å². The van der Waals surface area contributed by atoms with Gasteiger partial charge in [0, 0.05) is 18.6 Å². The van der Waals surface area contributed by atoms with E-state index in [4.69, 9.17) is 4.74 Å². The number of unbranched alkanes of at least 4 members (excludes halogenated alkanes) is 2. The van der Waals surface area contributed by atoms with Crippen molar-refractivity contribution in [3.8, 4) is 0 Å². The maximum Gasteiger partial charge on any atom is 0.328 e. The summed E-state index contributed by atoms with van der Waals surface area (Å²) in [5.74, 6) is -2.60. The number of methoxy groups -OCH3 is 1. The summed E-state index contributed by atoms with van der Waals surface area (Å²) in [7, 11) is 1.19. The lowest BCUT2D eigenvalue weighted by Crippen LogP contribution is -2.49. The molecule has 10 nitrogen and oxygen atoms in total. The molecule has 0 saturated heterocycles. The number of hydrogen-bond acceptors (Lipinski definition) is 8. The minimum absolute atomic E-state index is 0.00815. The zero-order valence-electron chi connectivity index (χ0n) is 17.8. The summed E-state index contributed by atoms with van der Waals surface area (Å²) < 4.78 is 9.39. The minimum atomic E-state index is -0.963. The van der Waals surface area contributed by atoms with Crippen molar-refractivity contribution in [2.75, 3.05) is 26.0 Å². The van der Waals surface area contributed by atoms with E-state index in [1.807, 2.05) is 6.92 Å². The topological polar surface area (TPSA) is 140 Å². The molecule has 0 heterocycles. The smallest absolute Gasteiger partial charge is 0.328 e. The van der Waals surface area contributed by atoms with Crippen molar-refractivity contribution in [2.45, 2.75) is 64.5 Å². The fourth-order valence-electron chi connectivity index (χ4n) is 2.38. The minimum Gasteiger partial charge on any atom is -0.468 e. The van der Waals surface area contributed by atoms with Crippen molar-refractivity contribution < 1.29 is 33.4 Å². The lowest BCUT2D eigenvalue weighted by Gasteiger charge is -2.19. The highest BCUT2D eigenvalue weighted by molar-refractivity contribution is 7.80. The summed E-state index contributed by atoms with van der Waals surface area (Å²) in [6, 6.07) is -1.91. The van der Waals surface area contributed by atoms with Crippen LogP contribution < -0.4 is 16.0 Å². The molecule has 30 heavy (non-hydrogen) atoms. The normalized spacial score (nSPS) is 12.3. The van der Waals surface area contributed by atoms with Gasteiger partial charge in [0.15, 0.2) is 0 Å². The van der Waals surface area contributed by atoms with Crippen molar-refractivity contribution in [3.05, 3.63) is 0 Å². The summed E-state index contributed by atoms with van der Waals surface area (Å²) in [4.78, 5) is 59.4. The van der Waals surface area contributed by atoms with E-state index in [-0.39, 0.29) is 44.1 Å². The third-order valence-electron chi connectivity index (χ3n) is 4.04. The Morgan fingerprint density at radius 2 is 1.57 bits per heavy atom. The van der Waals surface area contributed by atoms with Gasteiger partial charge in [-0.25, -0.2) is 4.79 Å². The summed E-state index contributed by atoms with van der Waals surface area (Å²) >= 11 is 4.03. The molecule has 0 bridgehead atoms. The fourth-order valence-corrected chi connectivity index (χ4v) is 2.64. The molecule has 2 atom stereocenters. The Balaban J connectivity index is 4.69. The van der Waals surface area contributed by atoms with E-state index in [0.29, 0.717) is 6.42 Å². The third-order valence-corrected chi connectivity index (χ3v) is 4.41. The second kappa shape index (κ2) is 16.5. The van der Waals surface area contributed by atoms with Gasteiger partial charge >= 0.3 is 11.9 Å². The molecule has 2 unspecified atom stereocenters. The average molecular weight is 448 g/mol. The van der Waals surface area contributed by atoms with Crippen LogP contribution in [0.4, 0.5) is 0 Å². The highest BCUT2D eigenvalue weighted by Gasteiger charge is 2.25. The maximum absolute atomic E-state index is 12.2. The first-order valence-corrected chi connectivity index (χ1v) is 10.6. The molecular formula is C19H33N3O7S. The largest absolute Gasteiger partial charge is 0.468 e. The molecule has 11 heteroatoms. The number of ether oxygens (including phenoxy) is 2. The summed E-state index contributed by atoms with van der Waals surface area (Å²) in [6.45, 7) is 3.49. The van der Waals surface area contributed by atoms with Gasteiger partial charge in [-0.3, -0.25) is 19.2 Å². The van der Waals surface area contributed by atoms with Crippen LogP contribution in [0, 0.1) is 0 Å². The molecular weight excluding hydrogens is 414 g/mol. The van der Waals surface area contributed by atoms with Gasteiger partial charge in [0.25, 0.3) is 0 Å². The van der Waals surface area contributed by atoms with E-state index in [1.165, 1.54) is 7.11 Å². The molecule has 3 amide bonds. The Kier molecular flexibility index (Phi) is 15.2. The molecule has 0 aromatic heterocycles. The Hall–Kier alpha value is -2.30. The Bertz CT molecular complexity index is 586. The van der Waals surface area contributed by atoms with Gasteiger partial charge in [0.05, 0.1) is 13.7 Å². The zero-order valence-corrected chi connectivity index (χ0v) is 18.7. The molecule has 172 valence electrons. The van der Waals surface area contributed by atoms with Crippen molar-refractivity contribution >= 4 is 42.3 Å². The van der Waals surface area contributed by atoms with Crippen molar-refractivity contribution in [1.82, 2.24) is 16.0 Å². The van der Waals surface area contributed by atoms with Gasteiger partial charge in [0.1, 0.15) is 18.6 Å². The van der Waals surface area contributed by atoms with Crippen LogP contribution in [0.3, 0.4) is 0 Å². The molecule has 0 saturated carbocycles. The second-order valence-electron chi connectivity index (χ2n) is 6.46. The predicted octanol–water partition coefficient (Wildman–Crippen LogP) is 0.0986. The number of hydrogen-bond donors (Lipinski definition) is 4. The number of amides is 3. The highest BCUT2D eigenvalue weighted by Crippen LogP contribution is 2.05. The zero-order chi connectivity index (χ0) is 22.9. The van der Waals surface area contributed by atoms with Crippen LogP contribution in [0.15, 0.2) is 0 Å². The first-order chi connectivity index (χ1) is 14.3. The number of nitrogens with one attached hydrogen (secondary N) is 3. The summed E-state index contributed by atoms with van der Waals surface area (Å²) in [5.41, 5.74) is 0. The average Bonchev–Trinajstić information content (AvgIpc) is 2.73.